The fraction of sp³-hybridized carbons (Fsp3) is 0.0667. The average molecular weight is 329 g/mol. The molecule has 116 valence electrons. The first-order valence-electron chi connectivity index (χ1n) is 6.79. The topological polar surface area (TPSA) is 95.6 Å². The Morgan fingerprint density at radius 2 is 2.09 bits per heavy atom. The number of H-pyrrole nitrogens is 1. The predicted octanol–water partition coefficient (Wildman–Crippen LogP) is 3.47. The van der Waals surface area contributed by atoms with Crippen molar-refractivity contribution in [3.8, 4) is 11.4 Å². The SMILES string of the molecule is Cc1cnc(Cl)cc1NC(=O)Nc1cc(-c2ccccn2)[nH]n1. The van der Waals surface area contributed by atoms with Crippen LogP contribution in [0.25, 0.3) is 11.4 Å². The molecule has 3 N–H and O–H groups in total. The van der Waals surface area contributed by atoms with Crippen molar-refractivity contribution in [2.24, 2.45) is 0 Å². The summed E-state index contributed by atoms with van der Waals surface area (Å²) in [5.74, 6) is 0.390. The van der Waals surface area contributed by atoms with Gasteiger partial charge in [0.25, 0.3) is 0 Å². The number of urea groups is 1. The van der Waals surface area contributed by atoms with Crippen molar-refractivity contribution in [2.45, 2.75) is 6.92 Å². The van der Waals surface area contributed by atoms with Gasteiger partial charge >= 0.3 is 6.03 Å². The summed E-state index contributed by atoms with van der Waals surface area (Å²) in [5, 5.41) is 12.5. The maximum Gasteiger partial charge on any atom is 0.324 e. The first-order chi connectivity index (χ1) is 11.1. The lowest BCUT2D eigenvalue weighted by Gasteiger charge is -2.08. The molecular formula is C15H13ClN6O. The third-order valence-corrected chi connectivity index (χ3v) is 3.29. The Balaban J connectivity index is 1.69. The second-order valence-electron chi connectivity index (χ2n) is 4.78. The number of aromatic nitrogens is 4. The van der Waals surface area contributed by atoms with Crippen LogP contribution in [0, 0.1) is 6.92 Å². The van der Waals surface area contributed by atoms with Gasteiger partial charge in [0.1, 0.15) is 5.15 Å². The highest BCUT2D eigenvalue weighted by Crippen LogP contribution is 2.19. The Bertz CT molecular complexity index is 833. The number of halogens is 1. The van der Waals surface area contributed by atoms with E-state index in [1.807, 2.05) is 25.1 Å². The van der Waals surface area contributed by atoms with Crippen LogP contribution < -0.4 is 10.6 Å². The summed E-state index contributed by atoms with van der Waals surface area (Å²) in [5.41, 5.74) is 2.85. The van der Waals surface area contributed by atoms with Gasteiger partial charge in [0.05, 0.1) is 11.4 Å². The first-order valence-corrected chi connectivity index (χ1v) is 7.16. The molecule has 0 unspecified atom stereocenters. The van der Waals surface area contributed by atoms with Gasteiger partial charge in [-0.05, 0) is 30.7 Å². The highest BCUT2D eigenvalue weighted by molar-refractivity contribution is 6.29. The largest absolute Gasteiger partial charge is 0.324 e. The third kappa shape index (κ3) is 3.64. The number of anilines is 2. The van der Waals surface area contributed by atoms with Gasteiger partial charge < -0.3 is 5.32 Å². The van der Waals surface area contributed by atoms with Gasteiger partial charge in [-0.1, -0.05) is 17.7 Å². The van der Waals surface area contributed by atoms with E-state index in [4.69, 9.17) is 11.6 Å². The number of nitrogens with zero attached hydrogens (tertiary/aromatic N) is 3. The Morgan fingerprint density at radius 1 is 1.22 bits per heavy atom. The van der Waals surface area contributed by atoms with E-state index in [0.29, 0.717) is 22.4 Å². The van der Waals surface area contributed by atoms with Crippen LogP contribution in [0.4, 0.5) is 16.3 Å². The minimum absolute atomic E-state index is 0.308. The van der Waals surface area contributed by atoms with Crippen LogP contribution in [0.5, 0.6) is 0 Å². The molecular weight excluding hydrogens is 316 g/mol. The van der Waals surface area contributed by atoms with Crippen molar-refractivity contribution in [2.75, 3.05) is 10.6 Å². The van der Waals surface area contributed by atoms with Gasteiger partial charge in [-0.25, -0.2) is 9.78 Å². The number of amides is 2. The second-order valence-corrected chi connectivity index (χ2v) is 5.17. The molecule has 0 aromatic carbocycles. The second kappa shape index (κ2) is 6.45. The first kappa shape index (κ1) is 15.0. The zero-order chi connectivity index (χ0) is 16.2. The normalized spacial score (nSPS) is 10.3. The maximum absolute atomic E-state index is 12.0. The van der Waals surface area contributed by atoms with Crippen LogP contribution in [-0.4, -0.2) is 26.2 Å². The van der Waals surface area contributed by atoms with Crippen molar-refractivity contribution in [3.05, 3.63) is 53.4 Å². The van der Waals surface area contributed by atoms with Gasteiger partial charge in [-0.2, -0.15) is 5.10 Å². The van der Waals surface area contributed by atoms with Gasteiger partial charge in [0.2, 0.25) is 0 Å². The van der Waals surface area contributed by atoms with E-state index in [9.17, 15) is 4.79 Å². The fourth-order valence-corrected chi connectivity index (χ4v) is 2.10. The molecule has 0 aliphatic carbocycles. The molecule has 0 fully saturated rings. The molecule has 0 saturated heterocycles. The van der Waals surface area contributed by atoms with E-state index < -0.39 is 6.03 Å². The molecule has 2 amide bonds. The molecule has 3 aromatic heterocycles. The molecule has 0 saturated carbocycles. The number of hydrogen-bond donors (Lipinski definition) is 3. The van der Waals surface area contributed by atoms with Crippen LogP contribution in [0.15, 0.2) is 42.7 Å². The Morgan fingerprint density at radius 3 is 2.87 bits per heavy atom. The van der Waals surface area contributed by atoms with Crippen LogP contribution >= 0.6 is 11.6 Å². The zero-order valence-corrected chi connectivity index (χ0v) is 12.9. The van der Waals surface area contributed by atoms with Crippen molar-refractivity contribution < 1.29 is 4.79 Å². The van der Waals surface area contributed by atoms with E-state index in [-0.39, 0.29) is 0 Å². The van der Waals surface area contributed by atoms with E-state index in [1.165, 1.54) is 0 Å². The van der Waals surface area contributed by atoms with Crippen molar-refractivity contribution in [3.63, 3.8) is 0 Å². The summed E-state index contributed by atoms with van der Waals surface area (Å²) in [6.07, 6.45) is 3.28. The molecule has 8 heteroatoms. The quantitative estimate of drug-likeness (QED) is 0.641. The number of pyridine rings is 2. The van der Waals surface area contributed by atoms with Crippen LogP contribution in [0.2, 0.25) is 5.15 Å². The van der Waals surface area contributed by atoms with Crippen molar-refractivity contribution in [1.29, 1.82) is 0 Å². The zero-order valence-electron chi connectivity index (χ0n) is 12.2. The maximum atomic E-state index is 12.0. The minimum atomic E-state index is -0.422. The minimum Gasteiger partial charge on any atom is -0.307 e. The Hall–Kier alpha value is -2.93. The Kier molecular flexibility index (Phi) is 4.20. The van der Waals surface area contributed by atoms with E-state index in [0.717, 1.165) is 11.3 Å². The summed E-state index contributed by atoms with van der Waals surface area (Å²) in [7, 11) is 0. The predicted molar refractivity (Wildman–Crippen MR) is 88.4 cm³/mol. The molecule has 0 aliphatic heterocycles. The van der Waals surface area contributed by atoms with Gasteiger partial charge in [-0.3, -0.25) is 15.4 Å². The number of carbonyl (C=O) groups excluding carboxylic acids is 1. The average Bonchev–Trinajstić information content (AvgIpc) is 3.00. The molecule has 0 radical (unpaired) electrons. The van der Waals surface area contributed by atoms with Gasteiger partial charge in [0.15, 0.2) is 5.82 Å². The molecule has 0 spiro atoms. The van der Waals surface area contributed by atoms with Crippen molar-refractivity contribution in [1.82, 2.24) is 20.2 Å². The smallest absolute Gasteiger partial charge is 0.307 e. The highest BCUT2D eigenvalue weighted by atomic mass is 35.5. The molecule has 3 heterocycles. The van der Waals surface area contributed by atoms with E-state index >= 15 is 0 Å². The number of nitrogens with one attached hydrogen (secondary N) is 3. The number of carbonyl (C=O) groups is 1. The lowest BCUT2D eigenvalue weighted by molar-refractivity contribution is 0.262. The van der Waals surface area contributed by atoms with Crippen molar-refractivity contribution >= 4 is 29.1 Å². The fourth-order valence-electron chi connectivity index (χ4n) is 1.94. The standard InChI is InChI=1S/C15H13ClN6O/c1-9-8-18-13(16)6-11(9)19-15(23)20-14-7-12(21-22-14)10-4-2-3-5-17-10/h2-8H,1H3,(H3,18,19,20,21,22,23). The summed E-state index contributed by atoms with van der Waals surface area (Å²) < 4.78 is 0. The molecule has 23 heavy (non-hydrogen) atoms. The molecule has 3 aromatic rings. The molecule has 0 aliphatic rings. The number of rotatable bonds is 3. The molecule has 0 atom stereocenters. The highest BCUT2D eigenvalue weighted by Gasteiger charge is 2.09. The van der Waals surface area contributed by atoms with Crippen LogP contribution in [-0.2, 0) is 0 Å². The van der Waals surface area contributed by atoms with E-state index in [2.05, 4.69) is 30.8 Å². The van der Waals surface area contributed by atoms with Gasteiger partial charge in [0, 0.05) is 24.1 Å². The summed E-state index contributed by atoms with van der Waals surface area (Å²) >= 11 is 5.82. The summed E-state index contributed by atoms with van der Waals surface area (Å²) in [6.45, 7) is 1.83. The lowest BCUT2D eigenvalue weighted by Crippen LogP contribution is -2.20. The van der Waals surface area contributed by atoms with E-state index in [1.54, 1.807) is 24.5 Å². The molecule has 7 nitrogen and oxygen atoms in total. The summed E-state index contributed by atoms with van der Waals surface area (Å²) in [4.78, 5) is 20.2. The van der Waals surface area contributed by atoms with Crippen LogP contribution in [0.3, 0.4) is 0 Å². The van der Waals surface area contributed by atoms with Gasteiger partial charge in [-0.15, -0.1) is 0 Å². The molecule has 0 bridgehead atoms. The third-order valence-electron chi connectivity index (χ3n) is 3.08. The number of hydrogen-bond acceptors (Lipinski definition) is 4. The number of aromatic amines is 1. The monoisotopic (exact) mass is 328 g/mol. The summed E-state index contributed by atoms with van der Waals surface area (Å²) in [6, 6.07) is 8.41. The molecule has 3 rings (SSSR count). The lowest BCUT2D eigenvalue weighted by atomic mass is 10.2. The number of aryl methyl sites for hydroxylation is 1. The van der Waals surface area contributed by atoms with Crippen LogP contribution in [0.1, 0.15) is 5.56 Å². The Labute approximate surface area is 137 Å².